The Morgan fingerprint density at radius 3 is 2.79 bits per heavy atom. The molecule has 0 aromatic carbocycles. The fraction of sp³-hybridized carbons (Fsp3) is 0.308. The van der Waals surface area contributed by atoms with Crippen LogP contribution in [0.2, 0.25) is 0 Å². The first-order valence-electron chi connectivity index (χ1n) is 6.29. The molecular weight excluding hydrogens is 242 g/mol. The minimum absolute atomic E-state index is 0.116. The van der Waals surface area contributed by atoms with Gasteiger partial charge in [0.15, 0.2) is 0 Å². The van der Waals surface area contributed by atoms with Crippen molar-refractivity contribution in [2.75, 3.05) is 18.4 Å². The molecule has 0 aliphatic carbocycles. The molecule has 0 aliphatic rings. The highest BCUT2D eigenvalue weighted by Crippen LogP contribution is 2.00. The van der Waals surface area contributed by atoms with Crippen LogP contribution in [0.25, 0.3) is 0 Å². The van der Waals surface area contributed by atoms with E-state index >= 15 is 0 Å². The highest BCUT2D eigenvalue weighted by Gasteiger charge is 2.04. The van der Waals surface area contributed by atoms with Gasteiger partial charge in [-0.3, -0.25) is 9.89 Å². The lowest BCUT2D eigenvalue weighted by atomic mass is 10.3. The van der Waals surface area contributed by atoms with Crippen LogP contribution in [-0.2, 0) is 0 Å². The number of nitrogens with one attached hydrogen (secondary N) is 3. The molecule has 2 heterocycles. The van der Waals surface area contributed by atoms with Crippen molar-refractivity contribution in [3.8, 4) is 0 Å². The molecule has 0 atom stereocenters. The summed E-state index contributed by atoms with van der Waals surface area (Å²) in [7, 11) is 0. The number of rotatable bonds is 7. The third-order valence-corrected chi connectivity index (χ3v) is 2.61. The number of aromatic nitrogens is 3. The number of carbonyl (C=O) groups excluding carboxylic acids is 1. The Bertz CT molecular complexity index is 483. The molecule has 3 N–H and O–H groups in total. The van der Waals surface area contributed by atoms with E-state index in [1.807, 2.05) is 18.2 Å². The molecule has 0 spiro atoms. The summed E-state index contributed by atoms with van der Waals surface area (Å²) < 4.78 is 0. The Morgan fingerprint density at radius 1 is 1.16 bits per heavy atom. The van der Waals surface area contributed by atoms with E-state index in [-0.39, 0.29) is 5.91 Å². The number of H-pyrrole nitrogens is 1. The molecule has 0 aliphatic heterocycles. The number of hydrogen-bond acceptors (Lipinski definition) is 4. The number of nitrogens with zero attached hydrogens (tertiary/aromatic N) is 2. The number of aromatic amines is 1. The quantitative estimate of drug-likeness (QED) is 0.657. The predicted octanol–water partition coefficient (Wildman–Crippen LogP) is 1.43. The maximum absolute atomic E-state index is 11.6. The molecule has 2 rings (SSSR count). The standard InChI is InChI=1S/C13H17N5O/c19-13(11-6-10-17-18-11)16-9-4-3-8-15-12-5-1-2-7-14-12/h1-2,5-7,10H,3-4,8-9H2,(H,14,15)(H,16,19)(H,17,18). The summed E-state index contributed by atoms with van der Waals surface area (Å²) in [6.45, 7) is 1.50. The molecule has 2 aromatic rings. The molecule has 0 fully saturated rings. The normalized spacial score (nSPS) is 10.1. The molecule has 0 radical (unpaired) electrons. The van der Waals surface area contributed by atoms with Crippen molar-refractivity contribution in [1.29, 1.82) is 0 Å². The Morgan fingerprint density at radius 2 is 2.05 bits per heavy atom. The molecule has 0 saturated carbocycles. The van der Waals surface area contributed by atoms with Crippen LogP contribution in [0.15, 0.2) is 36.7 Å². The van der Waals surface area contributed by atoms with Crippen LogP contribution < -0.4 is 10.6 Å². The highest BCUT2D eigenvalue weighted by atomic mass is 16.1. The predicted molar refractivity (Wildman–Crippen MR) is 72.9 cm³/mol. The van der Waals surface area contributed by atoms with E-state index in [4.69, 9.17) is 0 Å². The molecule has 1 amide bonds. The molecule has 0 bridgehead atoms. The van der Waals surface area contributed by atoms with Gasteiger partial charge in [-0.05, 0) is 31.0 Å². The Kier molecular flexibility index (Phi) is 4.92. The van der Waals surface area contributed by atoms with Crippen molar-refractivity contribution in [2.24, 2.45) is 0 Å². The summed E-state index contributed by atoms with van der Waals surface area (Å²) in [4.78, 5) is 15.7. The van der Waals surface area contributed by atoms with Crippen LogP contribution >= 0.6 is 0 Å². The zero-order valence-electron chi connectivity index (χ0n) is 10.6. The van der Waals surface area contributed by atoms with Crippen molar-refractivity contribution in [2.45, 2.75) is 12.8 Å². The number of carbonyl (C=O) groups is 1. The summed E-state index contributed by atoms with van der Waals surface area (Å²) >= 11 is 0. The van der Waals surface area contributed by atoms with E-state index in [0.29, 0.717) is 12.2 Å². The van der Waals surface area contributed by atoms with Gasteiger partial charge in [0.05, 0.1) is 0 Å². The Hall–Kier alpha value is -2.37. The zero-order chi connectivity index (χ0) is 13.3. The minimum Gasteiger partial charge on any atom is -0.370 e. The molecule has 6 heteroatoms. The van der Waals surface area contributed by atoms with Gasteiger partial charge in [0, 0.05) is 25.5 Å². The van der Waals surface area contributed by atoms with Gasteiger partial charge in [-0.1, -0.05) is 6.07 Å². The van der Waals surface area contributed by atoms with Gasteiger partial charge in [-0.2, -0.15) is 5.10 Å². The SMILES string of the molecule is O=C(NCCCCNc1ccccn1)c1ccn[nH]1. The minimum atomic E-state index is -0.116. The van der Waals surface area contributed by atoms with Crippen molar-refractivity contribution >= 4 is 11.7 Å². The van der Waals surface area contributed by atoms with Crippen molar-refractivity contribution < 1.29 is 4.79 Å². The second kappa shape index (κ2) is 7.15. The molecule has 19 heavy (non-hydrogen) atoms. The third kappa shape index (κ3) is 4.42. The second-order valence-electron chi connectivity index (χ2n) is 4.08. The van der Waals surface area contributed by atoms with Gasteiger partial charge in [0.25, 0.3) is 5.91 Å². The maximum Gasteiger partial charge on any atom is 0.269 e. The first-order valence-corrected chi connectivity index (χ1v) is 6.29. The molecular formula is C13H17N5O. The molecule has 0 saturated heterocycles. The molecule has 100 valence electrons. The van der Waals surface area contributed by atoms with Crippen molar-refractivity contribution in [3.05, 3.63) is 42.4 Å². The first kappa shape index (κ1) is 13.1. The molecule has 6 nitrogen and oxygen atoms in total. The average molecular weight is 259 g/mol. The number of anilines is 1. The molecule has 0 unspecified atom stereocenters. The second-order valence-corrected chi connectivity index (χ2v) is 4.08. The van der Waals surface area contributed by atoms with Crippen LogP contribution in [0, 0.1) is 0 Å². The van der Waals surface area contributed by atoms with E-state index < -0.39 is 0 Å². The lowest BCUT2D eigenvalue weighted by Gasteiger charge is -2.05. The number of unbranched alkanes of at least 4 members (excludes halogenated alkanes) is 1. The topological polar surface area (TPSA) is 82.7 Å². The van der Waals surface area contributed by atoms with E-state index in [1.165, 1.54) is 0 Å². The van der Waals surface area contributed by atoms with Crippen molar-refractivity contribution in [1.82, 2.24) is 20.5 Å². The third-order valence-electron chi connectivity index (χ3n) is 2.61. The van der Waals surface area contributed by atoms with Gasteiger partial charge in [-0.15, -0.1) is 0 Å². The van der Waals surface area contributed by atoms with Crippen LogP contribution in [-0.4, -0.2) is 34.2 Å². The van der Waals surface area contributed by atoms with Gasteiger partial charge in [-0.25, -0.2) is 4.98 Å². The highest BCUT2D eigenvalue weighted by molar-refractivity contribution is 5.91. The fourth-order valence-corrected chi connectivity index (χ4v) is 1.61. The lowest BCUT2D eigenvalue weighted by Crippen LogP contribution is -2.25. The largest absolute Gasteiger partial charge is 0.370 e. The van der Waals surface area contributed by atoms with Crippen molar-refractivity contribution in [3.63, 3.8) is 0 Å². The Labute approximate surface area is 111 Å². The lowest BCUT2D eigenvalue weighted by molar-refractivity contribution is 0.0948. The smallest absolute Gasteiger partial charge is 0.269 e. The summed E-state index contributed by atoms with van der Waals surface area (Å²) in [5.74, 6) is 0.763. The summed E-state index contributed by atoms with van der Waals surface area (Å²) in [6.07, 6.45) is 5.21. The number of hydrogen-bond donors (Lipinski definition) is 3. The monoisotopic (exact) mass is 259 g/mol. The van der Waals surface area contributed by atoms with E-state index in [0.717, 1.165) is 25.2 Å². The van der Waals surface area contributed by atoms with E-state index in [9.17, 15) is 4.79 Å². The van der Waals surface area contributed by atoms with Gasteiger partial charge in [0.2, 0.25) is 0 Å². The van der Waals surface area contributed by atoms with Crippen LogP contribution in [0.5, 0.6) is 0 Å². The maximum atomic E-state index is 11.6. The zero-order valence-corrected chi connectivity index (χ0v) is 10.6. The number of amides is 1. The van der Waals surface area contributed by atoms with Gasteiger partial charge < -0.3 is 10.6 Å². The Balaban J connectivity index is 1.54. The van der Waals surface area contributed by atoms with Gasteiger partial charge >= 0.3 is 0 Å². The van der Waals surface area contributed by atoms with Crippen LogP contribution in [0.4, 0.5) is 5.82 Å². The summed E-state index contributed by atoms with van der Waals surface area (Å²) in [6, 6.07) is 7.41. The first-order chi connectivity index (χ1) is 9.36. The van der Waals surface area contributed by atoms with E-state index in [1.54, 1.807) is 18.5 Å². The number of pyridine rings is 1. The van der Waals surface area contributed by atoms with Crippen LogP contribution in [0.1, 0.15) is 23.3 Å². The van der Waals surface area contributed by atoms with Gasteiger partial charge in [0.1, 0.15) is 11.5 Å². The van der Waals surface area contributed by atoms with Crippen LogP contribution in [0.3, 0.4) is 0 Å². The summed E-state index contributed by atoms with van der Waals surface area (Å²) in [5.41, 5.74) is 0.492. The fourth-order valence-electron chi connectivity index (χ4n) is 1.61. The molecule has 2 aromatic heterocycles. The van der Waals surface area contributed by atoms with E-state index in [2.05, 4.69) is 25.8 Å². The average Bonchev–Trinajstić information content (AvgIpc) is 2.98. The summed E-state index contributed by atoms with van der Waals surface area (Å²) in [5, 5.41) is 12.4.